The molecule has 0 saturated carbocycles. The van der Waals surface area contributed by atoms with Crippen LogP contribution in [0.25, 0.3) is 0 Å². The molecule has 0 bridgehead atoms. The van der Waals surface area contributed by atoms with Crippen molar-refractivity contribution in [2.24, 2.45) is 0 Å². The molecule has 2 nitrogen and oxygen atoms in total. The molecule has 0 aliphatic rings. The quantitative estimate of drug-likeness (QED) is 0.668. The Hall–Kier alpha value is 0.190. The average molecular weight is 261 g/mol. The Kier molecular flexibility index (Phi) is 5.11. The van der Waals surface area contributed by atoms with Gasteiger partial charge in [-0.2, -0.15) is 0 Å². The van der Waals surface area contributed by atoms with Crippen LogP contribution < -0.4 is 0 Å². The average Bonchev–Trinajstić information content (AvgIpc) is 1.96. The molecule has 0 unspecified atom stereocenters. The number of nitrogens with zero attached hydrogens (tertiary/aromatic N) is 1. The highest BCUT2D eigenvalue weighted by atomic mass is 31.2. The molecule has 0 aromatic rings. The van der Waals surface area contributed by atoms with Gasteiger partial charge in [0.15, 0.2) is 7.29 Å². The van der Waals surface area contributed by atoms with E-state index in [1.807, 2.05) is 0 Å². The van der Waals surface area contributed by atoms with Crippen molar-refractivity contribution in [1.82, 2.24) is 4.67 Å². The van der Waals surface area contributed by atoms with E-state index in [-0.39, 0.29) is 22.4 Å². The Labute approximate surface area is 109 Å². The summed E-state index contributed by atoms with van der Waals surface area (Å²) in [7, 11) is -2.38. The number of hydrogen-bond donors (Lipinski definition) is 0. The van der Waals surface area contributed by atoms with Gasteiger partial charge in [-0.25, -0.2) is 4.67 Å². The van der Waals surface area contributed by atoms with Crippen molar-refractivity contribution in [2.45, 2.75) is 91.6 Å². The highest BCUT2D eigenvalue weighted by molar-refractivity contribution is 7.63. The van der Waals surface area contributed by atoms with E-state index in [0.29, 0.717) is 0 Å². The van der Waals surface area contributed by atoms with Crippen molar-refractivity contribution >= 4 is 7.29 Å². The lowest BCUT2D eigenvalue weighted by molar-refractivity contribution is 0.133. The van der Waals surface area contributed by atoms with E-state index in [1.54, 1.807) is 0 Å². The van der Waals surface area contributed by atoms with Gasteiger partial charge in [-0.1, -0.05) is 27.7 Å². The minimum absolute atomic E-state index is 0.0810. The van der Waals surface area contributed by atoms with Gasteiger partial charge in [0.05, 0.1) is 0 Å². The standard InChI is InChI=1S/C14H32NOP/c1-11(2)17(16,12(3)4)15(13(5,6)7)14(8,9)10/h11-12H,1-10H3. The Morgan fingerprint density at radius 2 is 1.00 bits per heavy atom. The van der Waals surface area contributed by atoms with E-state index in [2.05, 4.69) is 73.9 Å². The van der Waals surface area contributed by atoms with Crippen molar-refractivity contribution in [3.63, 3.8) is 0 Å². The molecule has 0 amide bonds. The van der Waals surface area contributed by atoms with Gasteiger partial charge in [-0.15, -0.1) is 0 Å². The molecular weight excluding hydrogens is 229 g/mol. The molecule has 0 rings (SSSR count). The molecule has 104 valence electrons. The summed E-state index contributed by atoms with van der Waals surface area (Å²) in [5.41, 5.74) is 0.229. The third-order valence-corrected chi connectivity index (χ3v) is 7.85. The first-order valence-electron chi connectivity index (χ1n) is 6.66. The fraction of sp³-hybridized carbons (Fsp3) is 1.00. The van der Waals surface area contributed by atoms with Crippen molar-refractivity contribution in [1.29, 1.82) is 0 Å². The molecule has 0 aliphatic carbocycles. The van der Waals surface area contributed by atoms with Crippen molar-refractivity contribution in [3.8, 4) is 0 Å². The van der Waals surface area contributed by atoms with Gasteiger partial charge in [-0.05, 0) is 41.5 Å². The number of rotatable bonds is 3. The normalized spacial score (nSPS) is 15.1. The highest BCUT2D eigenvalue weighted by Crippen LogP contribution is 2.63. The summed E-state index contributed by atoms with van der Waals surface area (Å²) in [4.78, 5) is 0. The maximum atomic E-state index is 13.5. The Bertz CT molecular complexity index is 268. The minimum atomic E-state index is -2.38. The smallest absolute Gasteiger partial charge is 0.156 e. The van der Waals surface area contributed by atoms with Crippen molar-refractivity contribution in [3.05, 3.63) is 0 Å². The van der Waals surface area contributed by atoms with E-state index in [1.165, 1.54) is 0 Å². The second-order valence-corrected chi connectivity index (χ2v) is 11.3. The molecule has 0 heterocycles. The van der Waals surface area contributed by atoms with E-state index in [0.717, 1.165) is 0 Å². The molecule has 17 heavy (non-hydrogen) atoms. The van der Waals surface area contributed by atoms with Crippen LogP contribution in [0.2, 0.25) is 0 Å². The molecule has 0 radical (unpaired) electrons. The van der Waals surface area contributed by atoms with Gasteiger partial charge in [-0.3, -0.25) is 0 Å². The molecule has 0 saturated heterocycles. The largest absolute Gasteiger partial charge is 0.306 e. The monoisotopic (exact) mass is 261 g/mol. The maximum absolute atomic E-state index is 13.5. The van der Waals surface area contributed by atoms with Gasteiger partial charge in [0.25, 0.3) is 0 Å². The zero-order chi connectivity index (χ0) is 14.2. The first kappa shape index (κ1) is 17.2. The topological polar surface area (TPSA) is 20.3 Å². The lowest BCUT2D eigenvalue weighted by atomic mass is 10.0. The lowest BCUT2D eigenvalue weighted by Gasteiger charge is -2.52. The molecule has 0 fully saturated rings. The Balaban J connectivity index is 5.84. The fourth-order valence-electron chi connectivity index (χ4n) is 3.00. The summed E-state index contributed by atoms with van der Waals surface area (Å²) in [6.07, 6.45) is 0. The highest BCUT2D eigenvalue weighted by Gasteiger charge is 2.47. The summed E-state index contributed by atoms with van der Waals surface area (Å²) in [5.74, 6) is 0. The second kappa shape index (κ2) is 5.05. The summed E-state index contributed by atoms with van der Waals surface area (Å²) in [6.45, 7) is 21.3. The van der Waals surface area contributed by atoms with Crippen LogP contribution in [0, 0.1) is 0 Å². The molecule has 0 aromatic carbocycles. The first-order chi connectivity index (χ1) is 7.25. The van der Waals surface area contributed by atoms with Crippen LogP contribution in [0.5, 0.6) is 0 Å². The van der Waals surface area contributed by atoms with Crippen LogP contribution in [0.4, 0.5) is 0 Å². The molecule has 0 N–H and O–H groups in total. The maximum Gasteiger partial charge on any atom is 0.156 e. The summed E-state index contributed by atoms with van der Waals surface area (Å²) < 4.78 is 15.8. The van der Waals surface area contributed by atoms with Gasteiger partial charge in [0, 0.05) is 22.4 Å². The van der Waals surface area contributed by atoms with Crippen LogP contribution >= 0.6 is 7.29 Å². The predicted octanol–water partition coefficient (Wildman–Crippen LogP) is 4.98. The van der Waals surface area contributed by atoms with E-state index < -0.39 is 7.29 Å². The molecule has 0 spiro atoms. The first-order valence-corrected chi connectivity index (χ1v) is 8.45. The van der Waals surface area contributed by atoms with Crippen LogP contribution in [0.1, 0.15) is 69.2 Å². The van der Waals surface area contributed by atoms with E-state index in [4.69, 9.17) is 0 Å². The molecule has 0 aliphatic heterocycles. The number of hydrogen-bond acceptors (Lipinski definition) is 1. The van der Waals surface area contributed by atoms with Crippen LogP contribution in [-0.2, 0) is 4.57 Å². The Morgan fingerprint density at radius 3 is 1.06 bits per heavy atom. The summed E-state index contributed by atoms with van der Waals surface area (Å²) in [6, 6.07) is 0. The van der Waals surface area contributed by atoms with Gasteiger partial charge in [0.1, 0.15) is 0 Å². The van der Waals surface area contributed by atoms with Crippen LogP contribution in [-0.4, -0.2) is 27.1 Å². The fourth-order valence-corrected chi connectivity index (χ4v) is 6.99. The molecular formula is C14H32NOP. The minimum Gasteiger partial charge on any atom is -0.306 e. The lowest BCUT2D eigenvalue weighted by Crippen LogP contribution is -2.52. The third-order valence-electron chi connectivity index (χ3n) is 3.06. The predicted molar refractivity (Wildman–Crippen MR) is 79.2 cm³/mol. The van der Waals surface area contributed by atoms with Crippen molar-refractivity contribution < 1.29 is 4.57 Å². The third kappa shape index (κ3) is 3.58. The zero-order valence-corrected chi connectivity index (χ0v) is 14.4. The molecule has 0 atom stereocenters. The van der Waals surface area contributed by atoms with E-state index in [9.17, 15) is 4.57 Å². The van der Waals surface area contributed by atoms with Crippen LogP contribution in [0.3, 0.4) is 0 Å². The van der Waals surface area contributed by atoms with E-state index >= 15 is 0 Å². The van der Waals surface area contributed by atoms with Gasteiger partial charge >= 0.3 is 0 Å². The van der Waals surface area contributed by atoms with Gasteiger partial charge in [0.2, 0.25) is 0 Å². The molecule has 3 heteroatoms. The van der Waals surface area contributed by atoms with Crippen LogP contribution in [0.15, 0.2) is 0 Å². The second-order valence-electron chi connectivity index (χ2n) is 7.51. The van der Waals surface area contributed by atoms with Crippen molar-refractivity contribution in [2.75, 3.05) is 0 Å². The zero-order valence-electron chi connectivity index (χ0n) is 13.5. The SMILES string of the molecule is CC(C)P(=O)(C(C)C)N(C(C)(C)C)C(C)(C)C. The summed E-state index contributed by atoms with van der Waals surface area (Å²) in [5, 5.41) is 0. The molecule has 0 aromatic heterocycles. The van der Waals surface area contributed by atoms with Gasteiger partial charge < -0.3 is 4.57 Å². The Morgan fingerprint density at radius 1 is 0.765 bits per heavy atom. The summed E-state index contributed by atoms with van der Waals surface area (Å²) >= 11 is 0.